The first-order chi connectivity index (χ1) is 9.41. The van der Waals surface area contributed by atoms with Crippen LogP contribution < -0.4 is 5.32 Å². The van der Waals surface area contributed by atoms with Crippen LogP contribution in [0.4, 0.5) is 5.69 Å². The Hall–Kier alpha value is -1.31. The van der Waals surface area contributed by atoms with E-state index in [1.807, 2.05) is 6.92 Å². The maximum atomic E-state index is 11.2. The van der Waals surface area contributed by atoms with Gasteiger partial charge in [0.15, 0.2) is 0 Å². The molecule has 0 spiro atoms. The Morgan fingerprint density at radius 2 is 2.00 bits per heavy atom. The van der Waals surface area contributed by atoms with Gasteiger partial charge in [-0.1, -0.05) is 6.92 Å². The molecule has 3 unspecified atom stereocenters. The molecule has 0 heterocycles. The van der Waals surface area contributed by atoms with Crippen LogP contribution in [0.3, 0.4) is 0 Å². The van der Waals surface area contributed by atoms with Gasteiger partial charge in [0, 0.05) is 41.0 Å². The van der Waals surface area contributed by atoms with E-state index in [2.05, 4.69) is 5.32 Å². The zero-order valence-corrected chi connectivity index (χ0v) is 12.4. The van der Waals surface area contributed by atoms with Gasteiger partial charge in [-0.25, -0.2) is 0 Å². The zero-order chi connectivity index (χ0) is 15.1. The Morgan fingerprint density at radius 1 is 1.40 bits per heavy atom. The van der Waals surface area contributed by atoms with Crippen LogP contribution in [0, 0.1) is 10.1 Å². The molecule has 1 aromatic carbocycles. The second kappa shape index (κ2) is 8.08. The predicted octanol–water partition coefficient (Wildman–Crippen LogP) is 1.37. The first-order valence-corrected chi connectivity index (χ1v) is 7.99. The third-order valence-electron chi connectivity index (χ3n) is 3.12. The number of hydrogen-bond acceptors (Lipinski definition) is 5. The van der Waals surface area contributed by atoms with Gasteiger partial charge in [0.2, 0.25) is 0 Å². The number of non-ortho nitro benzene ring substituents is 1. The second-order valence-electron chi connectivity index (χ2n) is 4.67. The van der Waals surface area contributed by atoms with Gasteiger partial charge in [-0.05, 0) is 30.7 Å². The van der Waals surface area contributed by atoms with Gasteiger partial charge >= 0.3 is 0 Å². The molecule has 1 rings (SSSR count). The minimum absolute atomic E-state index is 0.00755. The first-order valence-electron chi connectivity index (χ1n) is 6.37. The quantitative estimate of drug-likeness (QED) is 0.430. The fraction of sp³-hybridized carbons (Fsp3) is 0.538. The fourth-order valence-corrected chi connectivity index (χ4v) is 2.10. The lowest BCUT2D eigenvalue weighted by Crippen LogP contribution is -2.25. The Labute approximate surface area is 120 Å². The second-order valence-corrected chi connectivity index (χ2v) is 6.47. The van der Waals surface area contributed by atoms with E-state index in [1.54, 1.807) is 18.4 Å². The van der Waals surface area contributed by atoms with Gasteiger partial charge in [-0.15, -0.1) is 0 Å². The van der Waals surface area contributed by atoms with Crippen molar-refractivity contribution >= 4 is 16.5 Å². The summed E-state index contributed by atoms with van der Waals surface area (Å²) in [6.45, 7) is 2.95. The highest BCUT2D eigenvalue weighted by atomic mass is 32.2. The molecule has 0 fully saturated rings. The normalized spacial score (nSPS) is 15.6. The van der Waals surface area contributed by atoms with E-state index >= 15 is 0 Å². The van der Waals surface area contributed by atoms with Crippen molar-refractivity contribution in [2.75, 3.05) is 19.3 Å². The molecular formula is C13H20N2O4S. The number of hydrogen-bond donors (Lipinski definition) is 2. The van der Waals surface area contributed by atoms with Crippen molar-refractivity contribution in [3.63, 3.8) is 0 Å². The van der Waals surface area contributed by atoms with E-state index in [0.717, 1.165) is 6.42 Å². The molecule has 0 saturated heterocycles. The molecule has 0 saturated carbocycles. The van der Waals surface area contributed by atoms with Crippen LogP contribution in [0.2, 0.25) is 0 Å². The average Bonchev–Trinajstić information content (AvgIpc) is 2.43. The number of nitrogens with one attached hydrogen (secondary N) is 1. The molecule has 0 aliphatic rings. The standard InChI is InChI=1S/C13H20N2O4S/c1-10(20(2)19)7-8-14-9-13(16)11-3-5-12(6-4-11)15(17)18/h3-6,10,13-14,16H,7-9H2,1-2H3. The van der Waals surface area contributed by atoms with Gasteiger partial charge in [-0.2, -0.15) is 0 Å². The van der Waals surface area contributed by atoms with Crippen LogP contribution in [-0.4, -0.2) is 38.8 Å². The van der Waals surface area contributed by atoms with Gasteiger partial charge in [-0.3, -0.25) is 14.3 Å². The molecular weight excluding hydrogens is 280 g/mol. The van der Waals surface area contributed by atoms with Crippen molar-refractivity contribution in [1.82, 2.24) is 5.32 Å². The maximum Gasteiger partial charge on any atom is 0.269 e. The summed E-state index contributed by atoms with van der Waals surface area (Å²) in [6.07, 6.45) is 1.74. The largest absolute Gasteiger partial charge is 0.387 e. The van der Waals surface area contributed by atoms with Gasteiger partial charge in [0.1, 0.15) is 0 Å². The predicted molar refractivity (Wildman–Crippen MR) is 79.1 cm³/mol. The van der Waals surface area contributed by atoms with Crippen LogP contribution in [0.15, 0.2) is 24.3 Å². The topological polar surface area (TPSA) is 92.5 Å². The van der Waals surface area contributed by atoms with E-state index in [-0.39, 0.29) is 10.9 Å². The van der Waals surface area contributed by atoms with Crippen molar-refractivity contribution in [2.24, 2.45) is 0 Å². The molecule has 20 heavy (non-hydrogen) atoms. The van der Waals surface area contributed by atoms with Gasteiger partial charge in [0.25, 0.3) is 5.69 Å². The molecule has 0 aliphatic carbocycles. The summed E-state index contributed by atoms with van der Waals surface area (Å²) in [4.78, 5) is 10.0. The molecule has 0 radical (unpaired) electrons. The molecule has 0 amide bonds. The summed E-state index contributed by atoms with van der Waals surface area (Å²) in [5, 5.41) is 23.7. The van der Waals surface area contributed by atoms with Crippen LogP contribution in [0.1, 0.15) is 25.0 Å². The fourth-order valence-electron chi connectivity index (χ4n) is 1.65. The first kappa shape index (κ1) is 16.7. The summed E-state index contributed by atoms with van der Waals surface area (Å²) in [5.74, 6) is 0. The number of rotatable bonds is 8. The Bertz CT molecular complexity index is 464. The highest BCUT2D eigenvalue weighted by Gasteiger charge is 2.11. The smallest absolute Gasteiger partial charge is 0.269 e. The number of nitro groups is 1. The molecule has 2 N–H and O–H groups in total. The molecule has 0 bridgehead atoms. The molecule has 7 heteroatoms. The third-order valence-corrected chi connectivity index (χ3v) is 4.49. The highest BCUT2D eigenvalue weighted by molar-refractivity contribution is 7.84. The van der Waals surface area contributed by atoms with Crippen LogP contribution >= 0.6 is 0 Å². The molecule has 3 atom stereocenters. The lowest BCUT2D eigenvalue weighted by molar-refractivity contribution is -0.384. The number of aliphatic hydroxyl groups is 1. The van der Waals surface area contributed by atoms with Crippen molar-refractivity contribution in [2.45, 2.75) is 24.7 Å². The Morgan fingerprint density at radius 3 is 2.50 bits per heavy atom. The summed E-state index contributed by atoms with van der Waals surface area (Å²) in [5.41, 5.74) is 0.642. The summed E-state index contributed by atoms with van der Waals surface area (Å²) >= 11 is 0. The van der Waals surface area contributed by atoms with Crippen molar-refractivity contribution in [1.29, 1.82) is 0 Å². The average molecular weight is 300 g/mol. The van der Waals surface area contributed by atoms with E-state index in [9.17, 15) is 19.4 Å². The minimum Gasteiger partial charge on any atom is -0.387 e. The summed E-state index contributed by atoms with van der Waals surface area (Å²) in [7, 11) is -0.834. The molecule has 112 valence electrons. The zero-order valence-electron chi connectivity index (χ0n) is 11.6. The van der Waals surface area contributed by atoms with Crippen molar-refractivity contribution in [3.8, 4) is 0 Å². The van der Waals surface area contributed by atoms with Crippen LogP contribution in [0.5, 0.6) is 0 Å². The Balaban J connectivity index is 2.37. The van der Waals surface area contributed by atoms with E-state index in [1.165, 1.54) is 12.1 Å². The van der Waals surface area contributed by atoms with Crippen LogP contribution in [0.25, 0.3) is 0 Å². The van der Waals surface area contributed by atoms with Gasteiger partial charge < -0.3 is 10.4 Å². The van der Waals surface area contributed by atoms with E-state index in [0.29, 0.717) is 18.7 Å². The monoisotopic (exact) mass is 300 g/mol. The lowest BCUT2D eigenvalue weighted by Gasteiger charge is -2.13. The molecule has 0 aromatic heterocycles. The molecule has 0 aliphatic heterocycles. The Kier molecular flexibility index (Phi) is 6.77. The van der Waals surface area contributed by atoms with Crippen molar-refractivity contribution in [3.05, 3.63) is 39.9 Å². The number of benzene rings is 1. The summed E-state index contributed by atoms with van der Waals surface area (Å²) in [6, 6.07) is 5.85. The maximum absolute atomic E-state index is 11.2. The SMILES string of the molecule is CC(CCNCC(O)c1ccc([N+](=O)[O-])cc1)S(C)=O. The lowest BCUT2D eigenvalue weighted by atomic mass is 10.1. The molecule has 1 aromatic rings. The van der Waals surface area contributed by atoms with Crippen molar-refractivity contribution < 1.29 is 14.2 Å². The number of nitrogens with zero attached hydrogens (tertiary/aromatic N) is 1. The third kappa shape index (κ3) is 5.36. The minimum atomic E-state index is -0.834. The number of nitro benzene ring substituents is 1. The highest BCUT2D eigenvalue weighted by Crippen LogP contribution is 2.17. The number of aliphatic hydroxyl groups excluding tert-OH is 1. The molecule has 6 nitrogen and oxygen atoms in total. The van der Waals surface area contributed by atoms with Gasteiger partial charge in [0.05, 0.1) is 11.0 Å². The van der Waals surface area contributed by atoms with E-state index in [4.69, 9.17) is 0 Å². The van der Waals surface area contributed by atoms with Crippen LogP contribution in [-0.2, 0) is 10.8 Å². The van der Waals surface area contributed by atoms with E-state index < -0.39 is 21.8 Å². The summed E-state index contributed by atoms with van der Waals surface area (Å²) < 4.78 is 11.2.